The lowest BCUT2D eigenvalue weighted by atomic mass is 9.99. The van der Waals surface area contributed by atoms with E-state index in [1.165, 1.54) is 47.5 Å². The number of hydrogen-bond donors (Lipinski definition) is 1. The Kier molecular flexibility index (Phi) is 4.81. The molecular formula is C17H23NO3S. The average Bonchev–Trinajstić information content (AvgIpc) is 3.15. The van der Waals surface area contributed by atoms with E-state index in [4.69, 9.17) is 4.74 Å². The van der Waals surface area contributed by atoms with E-state index >= 15 is 0 Å². The number of amides is 1. The van der Waals surface area contributed by atoms with Gasteiger partial charge in [0.1, 0.15) is 4.88 Å². The number of nitrogens with one attached hydrogen (secondary N) is 1. The van der Waals surface area contributed by atoms with Crippen LogP contribution in [-0.4, -0.2) is 24.0 Å². The number of ether oxygens (including phenoxy) is 1. The van der Waals surface area contributed by atoms with E-state index in [0.29, 0.717) is 4.88 Å². The first kappa shape index (κ1) is 15.5. The lowest BCUT2D eigenvalue weighted by Crippen LogP contribution is -2.40. The van der Waals surface area contributed by atoms with Crippen LogP contribution in [0, 0.1) is 0 Å². The number of hydrogen-bond acceptors (Lipinski definition) is 4. The summed E-state index contributed by atoms with van der Waals surface area (Å²) in [5, 5.41) is 2.97. The van der Waals surface area contributed by atoms with Crippen molar-refractivity contribution in [1.82, 2.24) is 5.32 Å². The van der Waals surface area contributed by atoms with E-state index < -0.39 is 6.10 Å². The summed E-state index contributed by atoms with van der Waals surface area (Å²) in [5.74, 6) is -0.546. The molecule has 3 rings (SSSR count). The van der Waals surface area contributed by atoms with Crippen LogP contribution in [0.1, 0.15) is 65.6 Å². The van der Waals surface area contributed by atoms with Crippen LogP contribution in [0.3, 0.4) is 0 Å². The minimum absolute atomic E-state index is 0.179. The van der Waals surface area contributed by atoms with E-state index in [-0.39, 0.29) is 17.9 Å². The van der Waals surface area contributed by atoms with Gasteiger partial charge in [0.15, 0.2) is 6.10 Å². The molecule has 1 atom stereocenters. The first-order valence-electron chi connectivity index (χ1n) is 8.26. The second kappa shape index (κ2) is 6.82. The molecule has 4 nitrogen and oxygen atoms in total. The first-order chi connectivity index (χ1) is 10.6. The highest BCUT2D eigenvalue weighted by atomic mass is 32.1. The van der Waals surface area contributed by atoms with Crippen molar-refractivity contribution in [2.24, 2.45) is 0 Å². The van der Waals surface area contributed by atoms with Gasteiger partial charge in [0.2, 0.25) is 0 Å². The van der Waals surface area contributed by atoms with Crippen molar-refractivity contribution in [2.45, 2.75) is 70.4 Å². The van der Waals surface area contributed by atoms with Gasteiger partial charge in [0.05, 0.1) is 0 Å². The highest BCUT2D eigenvalue weighted by Gasteiger charge is 2.25. The van der Waals surface area contributed by atoms with Crippen molar-refractivity contribution in [3.63, 3.8) is 0 Å². The predicted octanol–water partition coefficient (Wildman–Crippen LogP) is 3.23. The summed E-state index contributed by atoms with van der Waals surface area (Å²) < 4.78 is 5.35. The Morgan fingerprint density at radius 1 is 1.23 bits per heavy atom. The summed E-state index contributed by atoms with van der Waals surface area (Å²) in [6.45, 7) is 1.65. The van der Waals surface area contributed by atoms with Gasteiger partial charge in [0.25, 0.3) is 5.91 Å². The zero-order valence-corrected chi connectivity index (χ0v) is 13.8. The van der Waals surface area contributed by atoms with Gasteiger partial charge in [-0.1, -0.05) is 12.8 Å². The fourth-order valence-electron chi connectivity index (χ4n) is 3.25. The Balaban J connectivity index is 1.56. The number of carbonyl (C=O) groups excluding carboxylic acids is 2. The third-order valence-corrected chi connectivity index (χ3v) is 5.77. The summed E-state index contributed by atoms with van der Waals surface area (Å²) in [6.07, 6.45) is 8.17. The monoisotopic (exact) mass is 321 g/mol. The van der Waals surface area contributed by atoms with E-state index in [0.717, 1.165) is 25.7 Å². The van der Waals surface area contributed by atoms with Crippen LogP contribution >= 0.6 is 11.3 Å². The molecule has 0 bridgehead atoms. The maximum absolute atomic E-state index is 12.2. The quantitative estimate of drug-likeness (QED) is 0.866. The van der Waals surface area contributed by atoms with Gasteiger partial charge >= 0.3 is 5.97 Å². The van der Waals surface area contributed by atoms with Crippen LogP contribution in [0.4, 0.5) is 0 Å². The second-order valence-corrected chi connectivity index (χ2v) is 7.44. The average molecular weight is 321 g/mol. The molecule has 0 unspecified atom stereocenters. The molecule has 0 aromatic carbocycles. The standard InChI is InChI=1S/C17H23NO3S/c1-11(16(19)18-13-7-3-4-8-13)21-17(20)15-10-12-6-2-5-9-14(12)22-15/h10-11,13H,2-9H2,1H3,(H,18,19)/t11-/m1/s1. The molecule has 2 aliphatic carbocycles. The largest absolute Gasteiger partial charge is 0.448 e. The maximum Gasteiger partial charge on any atom is 0.349 e. The van der Waals surface area contributed by atoms with Crippen molar-refractivity contribution < 1.29 is 14.3 Å². The Bertz CT molecular complexity index is 537. The highest BCUT2D eigenvalue weighted by molar-refractivity contribution is 7.14. The van der Waals surface area contributed by atoms with Gasteiger partial charge in [0, 0.05) is 10.9 Å². The zero-order valence-electron chi connectivity index (χ0n) is 13.0. The number of fused-ring (bicyclic) bond motifs is 1. The molecule has 1 amide bonds. The molecule has 1 heterocycles. The molecular weight excluding hydrogens is 298 g/mol. The Morgan fingerprint density at radius 2 is 1.95 bits per heavy atom. The summed E-state index contributed by atoms with van der Waals surface area (Å²) >= 11 is 1.52. The molecule has 120 valence electrons. The van der Waals surface area contributed by atoms with Crippen molar-refractivity contribution in [1.29, 1.82) is 0 Å². The third-order valence-electron chi connectivity index (χ3n) is 4.55. The molecule has 0 aliphatic heterocycles. The third kappa shape index (κ3) is 3.51. The number of aryl methyl sites for hydroxylation is 2. The second-order valence-electron chi connectivity index (χ2n) is 6.30. The predicted molar refractivity (Wildman–Crippen MR) is 86.2 cm³/mol. The molecule has 1 saturated carbocycles. The Morgan fingerprint density at radius 3 is 2.68 bits per heavy atom. The molecule has 5 heteroatoms. The number of esters is 1. The zero-order chi connectivity index (χ0) is 15.5. The topological polar surface area (TPSA) is 55.4 Å². The van der Waals surface area contributed by atoms with Crippen LogP contribution in [0.5, 0.6) is 0 Å². The molecule has 1 N–H and O–H groups in total. The summed E-state index contributed by atoms with van der Waals surface area (Å²) in [6, 6.07) is 2.20. The maximum atomic E-state index is 12.2. The van der Waals surface area contributed by atoms with Crippen LogP contribution in [0.25, 0.3) is 0 Å². The van der Waals surface area contributed by atoms with E-state index in [2.05, 4.69) is 5.32 Å². The number of rotatable bonds is 4. The van der Waals surface area contributed by atoms with Gasteiger partial charge in [-0.15, -0.1) is 11.3 Å². The fourth-order valence-corrected chi connectivity index (χ4v) is 4.39. The SMILES string of the molecule is C[C@@H](OC(=O)c1cc2c(s1)CCCC2)C(=O)NC1CCCC1. The lowest BCUT2D eigenvalue weighted by molar-refractivity contribution is -0.129. The normalized spacial score (nSPS) is 19.5. The molecule has 0 saturated heterocycles. The van der Waals surface area contributed by atoms with E-state index in [9.17, 15) is 9.59 Å². The van der Waals surface area contributed by atoms with Gasteiger partial charge in [-0.3, -0.25) is 4.79 Å². The van der Waals surface area contributed by atoms with Gasteiger partial charge in [-0.05, 0) is 57.1 Å². The van der Waals surface area contributed by atoms with Crippen molar-refractivity contribution >= 4 is 23.2 Å². The van der Waals surface area contributed by atoms with E-state index in [1.807, 2.05) is 6.07 Å². The molecule has 22 heavy (non-hydrogen) atoms. The van der Waals surface area contributed by atoms with Crippen LogP contribution < -0.4 is 5.32 Å². The minimum atomic E-state index is -0.729. The minimum Gasteiger partial charge on any atom is -0.448 e. The first-order valence-corrected chi connectivity index (χ1v) is 9.08. The Hall–Kier alpha value is -1.36. The Labute approximate surface area is 135 Å². The van der Waals surface area contributed by atoms with Crippen molar-refractivity contribution in [3.05, 3.63) is 21.4 Å². The molecule has 1 aromatic heterocycles. The van der Waals surface area contributed by atoms with Gasteiger partial charge in [-0.25, -0.2) is 4.79 Å². The molecule has 1 aromatic rings. The number of thiophene rings is 1. The lowest BCUT2D eigenvalue weighted by Gasteiger charge is -2.16. The summed E-state index contributed by atoms with van der Waals surface area (Å²) in [4.78, 5) is 26.2. The summed E-state index contributed by atoms with van der Waals surface area (Å²) in [7, 11) is 0. The van der Waals surface area contributed by atoms with Crippen molar-refractivity contribution in [3.8, 4) is 0 Å². The smallest absolute Gasteiger partial charge is 0.349 e. The summed E-state index contributed by atoms with van der Waals surface area (Å²) in [5.41, 5.74) is 1.28. The van der Waals surface area contributed by atoms with E-state index in [1.54, 1.807) is 6.92 Å². The molecule has 1 fully saturated rings. The molecule has 0 spiro atoms. The van der Waals surface area contributed by atoms with Gasteiger partial charge in [-0.2, -0.15) is 0 Å². The molecule has 2 aliphatic rings. The van der Waals surface area contributed by atoms with Crippen LogP contribution in [-0.2, 0) is 22.4 Å². The number of carbonyl (C=O) groups is 2. The van der Waals surface area contributed by atoms with Gasteiger partial charge < -0.3 is 10.1 Å². The van der Waals surface area contributed by atoms with Crippen LogP contribution in [0.15, 0.2) is 6.07 Å². The van der Waals surface area contributed by atoms with Crippen molar-refractivity contribution in [2.75, 3.05) is 0 Å². The highest BCUT2D eigenvalue weighted by Crippen LogP contribution is 2.30. The molecule has 0 radical (unpaired) electrons. The van der Waals surface area contributed by atoms with Crippen LogP contribution in [0.2, 0.25) is 0 Å². The fraction of sp³-hybridized carbons (Fsp3) is 0.647.